The Morgan fingerprint density at radius 2 is 1.72 bits per heavy atom. The van der Waals surface area contributed by atoms with Crippen LogP contribution in [0.4, 0.5) is 0 Å². The molecule has 0 atom stereocenters. The van der Waals surface area contributed by atoms with Crippen LogP contribution in [0, 0.1) is 12.8 Å². The second-order valence-electron chi connectivity index (χ2n) is 5.70. The minimum atomic E-state index is 0.865. The van der Waals surface area contributed by atoms with Gasteiger partial charge in [-0.3, -0.25) is 0 Å². The average molecular weight is 247 g/mol. The Bertz CT molecular complexity index is 317. The zero-order valence-corrected chi connectivity index (χ0v) is 12.3. The van der Waals surface area contributed by atoms with Crippen LogP contribution in [0.5, 0.6) is 0 Å². The van der Waals surface area contributed by atoms with Crippen molar-refractivity contribution in [3.05, 3.63) is 35.4 Å². The standard InChI is InChI=1S/C17H29N/c1-15(2)10-6-4-5-9-13-18-14-17-12-8-7-11-16(17)3/h7-8,11-12,15,18H,4-6,9-10,13-14H2,1-3H3. The predicted octanol–water partition coefficient (Wildman–Crippen LogP) is 4.69. The molecule has 0 heterocycles. The van der Waals surface area contributed by atoms with E-state index in [2.05, 4.69) is 50.4 Å². The number of hydrogen-bond acceptors (Lipinski definition) is 1. The molecule has 0 unspecified atom stereocenters. The van der Waals surface area contributed by atoms with Crippen molar-refractivity contribution in [1.82, 2.24) is 5.32 Å². The minimum absolute atomic E-state index is 0.865. The molecule has 0 saturated heterocycles. The summed E-state index contributed by atoms with van der Waals surface area (Å²) >= 11 is 0. The van der Waals surface area contributed by atoms with Crippen LogP contribution >= 0.6 is 0 Å². The van der Waals surface area contributed by atoms with Crippen LogP contribution in [-0.2, 0) is 6.54 Å². The van der Waals surface area contributed by atoms with E-state index in [1.54, 1.807) is 0 Å². The van der Waals surface area contributed by atoms with Gasteiger partial charge in [0.1, 0.15) is 0 Å². The first-order valence-electron chi connectivity index (χ1n) is 7.45. The lowest BCUT2D eigenvalue weighted by atomic mass is 10.0. The lowest BCUT2D eigenvalue weighted by molar-refractivity contribution is 0.512. The minimum Gasteiger partial charge on any atom is -0.313 e. The quantitative estimate of drug-likeness (QED) is 0.624. The van der Waals surface area contributed by atoms with E-state index in [4.69, 9.17) is 0 Å². The molecule has 1 N–H and O–H groups in total. The highest BCUT2D eigenvalue weighted by Gasteiger charge is 1.97. The average Bonchev–Trinajstić information content (AvgIpc) is 2.34. The molecule has 0 bridgehead atoms. The van der Waals surface area contributed by atoms with E-state index in [0.29, 0.717) is 0 Å². The molecule has 0 radical (unpaired) electrons. The molecule has 0 fully saturated rings. The molecule has 0 aliphatic heterocycles. The fraction of sp³-hybridized carbons (Fsp3) is 0.647. The summed E-state index contributed by atoms with van der Waals surface area (Å²) < 4.78 is 0. The van der Waals surface area contributed by atoms with Crippen LogP contribution in [-0.4, -0.2) is 6.54 Å². The molecule has 1 heteroatoms. The van der Waals surface area contributed by atoms with E-state index in [1.807, 2.05) is 0 Å². The van der Waals surface area contributed by atoms with Gasteiger partial charge in [0, 0.05) is 6.54 Å². The summed E-state index contributed by atoms with van der Waals surface area (Å²) in [7, 11) is 0. The van der Waals surface area contributed by atoms with E-state index < -0.39 is 0 Å². The van der Waals surface area contributed by atoms with Gasteiger partial charge in [0.05, 0.1) is 0 Å². The zero-order valence-electron chi connectivity index (χ0n) is 12.3. The number of unbranched alkanes of at least 4 members (excludes halogenated alkanes) is 3. The smallest absolute Gasteiger partial charge is 0.0208 e. The van der Waals surface area contributed by atoms with Crippen molar-refractivity contribution >= 4 is 0 Å². The van der Waals surface area contributed by atoms with Gasteiger partial charge < -0.3 is 5.32 Å². The molecule has 1 aromatic rings. The normalized spacial score (nSPS) is 11.1. The fourth-order valence-electron chi connectivity index (χ4n) is 2.19. The first-order chi connectivity index (χ1) is 8.70. The second-order valence-corrected chi connectivity index (χ2v) is 5.70. The van der Waals surface area contributed by atoms with Gasteiger partial charge in [-0.1, -0.05) is 63.8 Å². The van der Waals surface area contributed by atoms with Gasteiger partial charge in [0.25, 0.3) is 0 Å². The number of nitrogens with one attached hydrogen (secondary N) is 1. The summed E-state index contributed by atoms with van der Waals surface area (Å²) in [5.74, 6) is 0.865. The van der Waals surface area contributed by atoms with E-state index in [0.717, 1.165) is 19.0 Å². The first kappa shape index (κ1) is 15.2. The topological polar surface area (TPSA) is 12.0 Å². The molecule has 0 amide bonds. The van der Waals surface area contributed by atoms with Crippen molar-refractivity contribution < 1.29 is 0 Å². The second kappa shape index (κ2) is 9.16. The van der Waals surface area contributed by atoms with Gasteiger partial charge in [-0.2, -0.15) is 0 Å². The summed E-state index contributed by atoms with van der Waals surface area (Å²) in [5.41, 5.74) is 2.82. The van der Waals surface area contributed by atoms with Gasteiger partial charge in [0.2, 0.25) is 0 Å². The summed E-state index contributed by atoms with van der Waals surface area (Å²) in [5, 5.41) is 3.54. The van der Waals surface area contributed by atoms with Gasteiger partial charge in [-0.15, -0.1) is 0 Å². The number of benzene rings is 1. The van der Waals surface area contributed by atoms with Gasteiger partial charge in [0.15, 0.2) is 0 Å². The molecule has 0 aliphatic carbocycles. The number of aryl methyl sites for hydroxylation is 1. The van der Waals surface area contributed by atoms with Crippen molar-refractivity contribution in [2.75, 3.05) is 6.54 Å². The summed E-state index contributed by atoms with van der Waals surface area (Å²) in [6.45, 7) is 8.96. The molecule has 1 aromatic carbocycles. The SMILES string of the molecule is Cc1ccccc1CNCCCCCCC(C)C. The Hall–Kier alpha value is -0.820. The molecule has 18 heavy (non-hydrogen) atoms. The molecule has 0 aliphatic rings. The lowest BCUT2D eigenvalue weighted by Gasteiger charge is -2.08. The largest absolute Gasteiger partial charge is 0.313 e. The molecule has 0 saturated carbocycles. The maximum absolute atomic E-state index is 3.54. The van der Waals surface area contributed by atoms with Crippen LogP contribution in [0.1, 0.15) is 57.1 Å². The molecule has 1 nitrogen and oxygen atoms in total. The predicted molar refractivity (Wildman–Crippen MR) is 80.8 cm³/mol. The van der Waals surface area contributed by atoms with Crippen LogP contribution in [0.25, 0.3) is 0 Å². The monoisotopic (exact) mass is 247 g/mol. The summed E-state index contributed by atoms with van der Waals surface area (Å²) in [6, 6.07) is 8.62. The molecule has 1 rings (SSSR count). The molecule has 102 valence electrons. The van der Waals surface area contributed by atoms with E-state index in [-0.39, 0.29) is 0 Å². The third-order valence-electron chi connectivity index (χ3n) is 3.46. The Balaban J connectivity index is 1.98. The van der Waals surface area contributed by atoms with Crippen LogP contribution in [0.15, 0.2) is 24.3 Å². The van der Waals surface area contributed by atoms with E-state index in [1.165, 1.54) is 43.2 Å². The van der Waals surface area contributed by atoms with Crippen molar-refractivity contribution in [1.29, 1.82) is 0 Å². The fourth-order valence-corrected chi connectivity index (χ4v) is 2.19. The lowest BCUT2D eigenvalue weighted by Crippen LogP contribution is -2.15. The third-order valence-corrected chi connectivity index (χ3v) is 3.46. The maximum Gasteiger partial charge on any atom is 0.0208 e. The van der Waals surface area contributed by atoms with Gasteiger partial charge >= 0.3 is 0 Å². The highest BCUT2D eigenvalue weighted by atomic mass is 14.8. The van der Waals surface area contributed by atoms with Crippen molar-refractivity contribution in [3.63, 3.8) is 0 Å². The number of hydrogen-bond donors (Lipinski definition) is 1. The Morgan fingerprint density at radius 1 is 1.00 bits per heavy atom. The van der Waals surface area contributed by atoms with Crippen molar-refractivity contribution in [2.45, 2.75) is 59.4 Å². The van der Waals surface area contributed by atoms with Gasteiger partial charge in [-0.25, -0.2) is 0 Å². The molecular formula is C17H29N. The molecule has 0 aromatic heterocycles. The van der Waals surface area contributed by atoms with Gasteiger partial charge in [-0.05, 0) is 36.9 Å². The van der Waals surface area contributed by atoms with Crippen LogP contribution < -0.4 is 5.32 Å². The molecular weight excluding hydrogens is 218 g/mol. The highest BCUT2D eigenvalue weighted by Crippen LogP contribution is 2.09. The zero-order chi connectivity index (χ0) is 13.2. The first-order valence-corrected chi connectivity index (χ1v) is 7.45. The van der Waals surface area contributed by atoms with E-state index >= 15 is 0 Å². The Labute approximate surface area is 113 Å². The third kappa shape index (κ3) is 6.80. The van der Waals surface area contributed by atoms with Crippen LogP contribution in [0.3, 0.4) is 0 Å². The Kier molecular flexibility index (Phi) is 7.75. The summed E-state index contributed by atoms with van der Waals surface area (Å²) in [4.78, 5) is 0. The van der Waals surface area contributed by atoms with Crippen LogP contribution in [0.2, 0.25) is 0 Å². The van der Waals surface area contributed by atoms with Crippen molar-refractivity contribution in [3.8, 4) is 0 Å². The highest BCUT2D eigenvalue weighted by molar-refractivity contribution is 5.25. The summed E-state index contributed by atoms with van der Waals surface area (Å²) in [6.07, 6.45) is 6.85. The number of rotatable bonds is 9. The van der Waals surface area contributed by atoms with Crippen molar-refractivity contribution in [2.24, 2.45) is 5.92 Å². The Morgan fingerprint density at radius 3 is 2.44 bits per heavy atom. The van der Waals surface area contributed by atoms with E-state index in [9.17, 15) is 0 Å². The molecule has 0 spiro atoms. The maximum atomic E-state index is 3.54.